The van der Waals surface area contributed by atoms with Crippen LogP contribution in [0, 0.1) is 0 Å². The summed E-state index contributed by atoms with van der Waals surface area (Å²) in [6.07, 6.45) is -1.60. The molecule has 0 radical (unpaired) electrons. The van der Waals surface area contributed by atoms with Gasteiger partial charge in [-0.05, 0) is 30.7 Å². The average Bonchev–Trinajstić information content (AvgIpc) is 2.65. The summed E-state index contributed by atoms with van der Waals surface area (Å²) in [5.41, 5.74) is 1.01. The average molecular weight is 437 g/mol. The molecule has 0 N–H and O–H groups in total. The summed E-state index contributed by atoms with van der Waals surface area (Å²) >= 11 is 0. The summed E-state index contributed by atoms with van der Waals surface area (Å²) in [6, 6.07) is 8.54. The highest BCUT2D eigenvalue weighted by atomic mass is 31.2. The quantitative estimate of drug-likeness (QED) is 0.454. The van der Waals surface area contributed by atoms with Crippen molar-refractivity contribution in [2.45, 2.75) is 40.0 Å². The molecule has 2 aromatic rings. The number of alkyl halides is 3. The Balaban J connectivity index is 0.00000171. The van der Waals surface area contributed by atoms with Crippen LogP contribution in [0.1, 0.15) is 38.4 Å². The van der Waals surface area contributed by atoms with E-state index < -0.39 is 20.3 Å². The second-order valence-electron chi connectivity index (χ2n) is 5.42. The van der Waals surface area contributed by atoms with E-state index in [1.807, 2.05) is 6.92 Å². The highest BCUT2D eigenvalue weighted by molar-refractivity contribution is 7.41. The van der Waals surface area contributed by atoms with E-state index in [2.05, 4.69) is 18.8 Å². The predicted molar refractivity (Wildman–Crippen MR) is 112 cm³/mol. The molecule has 2 unspecified atom stereocenters. The Hall–Kier alpha value is -1.10. The fraction of sp³-hybridized carbons (Fsp3) is 0.421. The Morgan fingerprint density at radius 1 is 1.00 bits per heavy atom. The van der Waals surface area contributed by atoms with E-state index in [4.69, 9.17) is 13.6 Å². The third-order valence-electron chi connectivity index (χ3n) is 3.05. The van der Waals surface area contributed by atoms with Crippen molar-refractivity contribution in [2.75, 3.05) is 13.7 Å². The molecular weight excluding hydrogens is 409 g/mol. The topological polar surface area (TPSA) is 40.6 Å². The second-order valence-corrected chi connectivity index (χ2v) is 6.75. The van der Waals surface area contributed by atoms with Crippen molar-refractivity contribution < 1.29 is 26.7 Å². The van der Waals surface area contributed by atoms with Crippen LogP contribution in [0.2, 0.25) is 0 Å². The highest BCUT2D eigenvalue weighted by Crippen LogP contribution is 2.39. The van der Waals surface area contributed by atoms with Crippen molar-refractivity contribution >= 4 is 18.5 Å². The van der Waals surface area contributed by atoms with Gasteiger partial charge >= 0.3 is 14.8 Å². The molecule has 0 aliphatic heterocycles. The molecular formula is C19H28F3NO3P2. The Morgan fingerprint density at radius 3 is 2.18 bits per heavy atom. The largest absolute Gasteiger partial charge is 0.416 e. The number of hydrogen-bond acceptors (Lipinski definition) is 4. The molecule has 4 nitrogen and oxygen atoms in total. The first kappa shape index (κ1) is 26.9. The molecule has 1 aromatic carbocycles. The number of rotatable bonds is 7. The lowest BCUT2D eigenvalue weighted by atomic mass is 10.0. The molecule has 0 bridgehead atoms. The first-order chi connectivity index (χ1) is 12.8. The minimum Gasteiger partial charge on any atom is -0.316 e. The van der Waals surface area contributed by atoms with Gasteiger partial charge in [0.25, 0.3) is 0 Å². The predicted octanol–water partition coefficient (Wildman–Crippen LogP) is 6.67. The van der Waals surface area contributed by atoms with Crippen LogP contribution in [0.4, 0.5) is 13.2 Å². The molecule has 9 heteroatoms. The van der Waals surface area contributed by atoms with Crippen molar-refractivity contribution in [3.8, 4) is 11.1 Å². The lowest BCUT2D eigenvalue weighted by Crippen LogP contribution is -2.04. The van der Waals surface area contributed by atoms with E-state index in [0.717, 1.165) is 12.1 Å². The van der Waals surface area contributed by atoms with Crippen molar-refractivity contribution in [3.63, 3.8) is 0 Å². The Labute approximate surface area is 169 Å². The normalized spacial score (nSPS) is 11.8. The fourth-order valence-electron chi connectivity index (χ4n) is 1.92. The molecule has 2 atom stereocenters. The number of benzene rings is 1. The lowest BCUT2D eigenvalue weighted by Gasteiger charge is -2.13. The number of halogens is 3. The molecule has 0 saturated carbocycles. The number of aromatic nitrogens is 1. The Bertz CT molecular complexity index is 670. The fourth-order valence-corrected chi connectivity index (χ4v) is 2.66. The molecule has 0 amide bonds. The van der Waals surface area contributed by atoms with Crippen molar-refractivity contribution in [3.05, 3.63) is 53.9 Å². The van der Waals surface area contributed by atoms with Crippen molar-refractivity contribution in [2.24, 2.45) is 0 Å². The number of pyridine rings is 1. The van der Waals surface area contributed by atoms with Gasteiger partial charge in [0.15, 0.2) is 0 Å². The van der Waals surface area contributed by atoms with Crippen LogP contribution in [-0.2, 0) is 26.4 Å². The highest BCUT2D eigenvalue weighted by Gasteiger charge is 2.30. The summed E-state index contributed by atoms with van der Waals surface area (Å²) < 4.78 is 54.0. The minimum atomic E-state index is -4.37. The smallest absolute Gasteiger partial charge is 0.316 e. The summed E-state index contributed by atoms with van der Waals surface area (Å²) in [5, 5.41) is 0. The third kappa shape index (κ3) is 9.40. The molecule has 0 fully saturated rings. The van der Waals surface area contributed by atoms with Crippen LogP contribution in [0.15, 0.2) is 42.6 Å². The van der Waals surface area contributed by atoms with Crippen LogP contribution >= 0.6 is 18.5 Å². The Kier molecular flexibility index (Phi) is 13.4. The maximum absolute atomic E-state index is 12.8. The first-order valence-electron chi connectivity index (χ1n) is 8.58. The lowest BCUT2D eigenvalue weighted by molar-refractivity contribution is -0.137. The van der Waals surface area contributed by atoms with E-state index in [1.54, 1.807) is 18.2 Å². The molecule has 2 rings (SSSR count). The maximum Gasteiger partial charge on any atom is 0.416 e. The van der Waals surface area contributed by atoms with Gasteiger partial charge < -0.3 is 13.6 Å². The molecule has 1 heterocycles. The summed E-state index contributed by atoms with van der Waals surface area (Å²) in [7, 11) is 0.0755. The molecule has 0 saturated heterocycles. The van der Waals surface area contributed by atoms with Crippen LogP contribution in [-0.4, -0.2) is 18.7 Å². The van der Waals surface area contributed by atoms with Crippen LogP contribution < -0.4 is 0 Å². The van der Waals surface area contributed by atoms with E-state index in [0.29, 0.717) is 23.4 Å². The summed E-state index contributed by atoms with van der Waals surface area (Å²) in [6.45, 7) is 6.75. The monoisotopic (exact) mass is 437 g/mol. The zero-order valence-corrected chi connectivity index (χ0v) is 18.9. The van der Waals surface area contributed by atoms with E-state index in [1.165, 1.54) is 25.8 Å². The first-order valence-corrected chi connectivity index (χ1v) is 9.67. The van der Waals surface area contributed by atoms with Gasteiger partial charge in [-0.3, -0.25) is 4.98 Å². The van der Waals surface area contributed by atoms with Crippen LogP contribution in [0.25, 0.3) is 11.1 Å². The van der Waals surface area contributed by atoms with Crippen LogP contribution in [0.3, 0.4) is 0 Å². The zero-order chi connectivity index (χ0) is 20.3. The van der Waals surface area contributed by atoms with Gasteiger partial charge in [0.05, 0.1) is 24.5 Å². The summed E-state index contributed by atoms with van der Waals surface area (Å²) in [4.78, 5) is 4.21. The summed E-state index contributed by atoms with van der Waals surface area (Å²) in [5.74, 6) is 0. The molecule has 158 valence electrons. The van der Waals surface area contributed by atoms with E-state index >= 15 is 0 Å². The van der Waals surface area contributed by atoms with Crippen molar-refractivity contribution in [1.29, 1.82) is 0 Å². The zero-order valence-electron chi connectivity index (χ0n) is 16.6. The van der Waals surface area contributed by atoms with Crippen LogP contribution in [0.5, 0.6) is 0 Å². The minimum absolute atomic E-state index is 0. The standard InChI is InChI=1S/C16H17F3NO3P.C3H8.H3P/c1-3-22-24(21-2)23-11-15-8-7-13(10-20-15)12-5-4-6-14(9-12)16(17,18)19;1-3-2;/h4-10H,3,11H2,1-2H3;3H2,1-2H3;1H3. The molecule has 0 aliphatic carbocycles. The SMILES string of the molecule is CCC.CCOP(OC)OCc1ccc(-c2cccc(C(F)(F)F)c2)cn1.P. The van der Waals surface area contributed by atoms with Crippen molar-refractivity contribution in [1.82, 2.24) is 4.98 Å². The van der Waals surface area contributed by atoms with Gasteiger partial charge in [0.2, 0.25) is 0 Å². The Morgan fingerprint density at radius 2 is 1.68 bits per heavy atom. The van der Waals surface area contributed by atoms with E-state index in [9.17, 15) is 13.2 Å². The molecule has 0 aliphatic rings. The molecule has 0 spiro atoms. The van der Waals surface area contributed by atoms with E-state index in [-0.39, 0.29) is 16.5 Å². The second kappa shape index (κ2) is 14.0. The van der Waals surface area contributed by atoms with Gasteiger partial charge in [-0.1, -0.05) is 38.5 Å². The molecule has 28 heavy (non-hydrogen) atoms. The third-order valence-corrected chi connectivity index (χ3v) is 4.16. The van der Waals surface area contributed by atoms with Gasteiger partial charge in [-0.15, -0.1) is 0 Å². The number of hydrogen-bond donors (Lipinski definition) is 0. The van der Waals surface area contributed by atoms with Gasteiger partial charge in [-0.25, -0.2) is 0 Å². The number of nitrogens with zero attached hydrogens (tertiary/aromatic N) is 1. The van der Waals surface area contributed by atoms with Gasteiger partial charge in [0.1, 0.15) is 0 Å². The molecule has 1 aromatic heterocycles. The maximum atomic E-state index is 12.8. The van der Waals surface area contributed by atoms with Gasteiger partial charge in [0, 0.05) is 18.9 Å². The van der Waals surface area contributed by atoms with Gasteiger partial charge in [-0.2, -0.15) is 23.1 Å².